The van der Waals surface area contributed by atoms with E-state index in [-0.39, 0.29) is 0 Å². The summed E-state index contributed by atoms with van der Waals surface area (Å²) in [4.78, 5) is 16.6. The number of ether oxygens (including phenoxy) is 2. The normalized spacial score (nSPS) is 13.6. The van der Waals surface area contributed by atoms with Gasteiger partial charge in [-0.1, -0.05) is 18.2 Å². The third-order valence-electron chi connectivity index (χ3n) is 5.42. The van der Waals surface area contributed by atoms with E-state index in [0.29, 0.717) is 5.82 Å². The quantitative estimate of drug-likeness (QED) is 0.532. The highest BCUT2D eigenvalue weighted by Crippen LogP contribution is 2.27. The van der Waals surface area contributed by atoms with E-state index in [9.17, 15) is 0 Å². The van der Waals surface area contributed by atoms with Crippen LogP contribution in [-0.4, -0.2) is 53.8 Å². The van der Waals surface area contributed by atoms with E-state index in [4.69, 9.17) is 19.4 Å². The molecule has 0 unspecified atom stereocenters. The van der Waals surface area contributed by atoms with Crippen LogP contribution >= 0.6 is 0 Å². The van der Waals surface area contributed by atoms with Crippen LogP contribution < -0.4 is 10.1 Å². The second-order valence-electron chi connectivity index (χ2n) is 7.62. The van der Waals surface area contributed by atoms with E-state index in [2.05, 4.69) is 27.3 Å². The molecule has 31 heavy (non-hydrogen) atoms. The number of hydrogen-bond donors (Lipinski definition) is 1. The summed E-state index contributed by atoms with van der Waals surface area (Å²) in [6, 6.07) is 14.1. The predicted molar refractivity (Wildman–Crippen MR) is 121 cm³/mol. The Morgan fingerprint density at radius 2 is 1.94 bits per heavy atom. The minimum atomic E-state index is 0.667. The average Bonchev–Trinajstić information content (AvgIpc) is 2.82. The molecular formula is C24H29N5O2. The molecule has 1 aromatic carbocycles. The van der Waals surface area contributed by atoms with E-state index in [1.807, 2.05) is 30.3 Å². The van der Waals surface area contributed by atoms with Gasteiger partial charge in [-0.15, -0.1) is 0 Å². The lowest BCUT2D eigenvalue weighted by molar-refractivity contribution is 0.197. The van der Waals surface area contributed by atoms with Crippen molar-refractivity contribution in [3.8, 4) is 17.3 Å². The van der Waals surface area contributed by atoms with Gasteiger partial charge in [0.25, 0.3) is 0 Å². The minimum Gasteiger partial charge on any atom is -0.497 e. The average molecular weight is 420 g/mol. The maximum atomic E-state index is 5.27. The van der Waals surface area contributed by atoms with Crippen molar-refractivity contribution < 1.29 is 9.47 Å². The van der Waals surface area contributed by atoms with Crippen molar-refractivity contribution in [2.24, 2.45) is 0 Å². The number of nitrogens with zero attached hydrogens (tertiary/aromatic N) is 4. The number of benzene rings is 1. The number of aromatic nitrogens is 3. The first-order valence-corrected chi connectivity index (χ1v) is 10.7. The zero-order valence-electron chi connectivity index (χ0n) is 18.2. The molecule has 3 aromatic rings. The Labute approximate surface area is 183 Å². The summed E-state index contributed by atoms with van der Waals surface area (Å²) in [5, 5.41) is 3.50. The topological polar surface area (TPSA) is 72.4 Å². The van der Waals surface area contributed by atoms with Crippen LogP contribution in [-0.2, 0) is 24.2 Å². The lowest BCUT2D eigenvalue weighted by Crippen LogP contribution is -2.32. The molecule has 1 N–H and O–H groups in total. The fourth-order valence-electron chi connectivity index (χ4n) is 3.79. The van der Waals surface area contributed by atoms with Crippen molar-refractivity contribution in [1.82, 2.24) is 19.9 Å². The van der Waals surface area contributed by atoms with Crippen LogP contribution in [0.4, 0.5) is 5.82 Å². The molecule has 7 heteroatoms. The summed E-state index contributed by atoms with van der Waals surface area (Å²) in [5.74, 6) is 2.47. The van der Waals surface area contributed by atoms with Crippen molar-refractivity contribution in [2.75, 3.05) is 39.2 Å². The molecule has 0 amide bonds. The van der Waals surface area contributed by atoms with Gasteiger partial charge in [0.2, 0.25) is 0 Å². The van der Waals surface area contributed by atoms with Crippen molar-refractivity contribution in [1.29, 1.82) is 0 Å². The molecule has 1 aliphatic heterocycles. The predicted octanol–water partition coefficient (Wildman–Crippen LogP) is 3.55. The summed E-state index contributed by atoms with van der Waals surface area (Å²) in [7, 11) is 3.42. The van der Waals surface area contributed by atoms with E-state index < -0.39 is 0 Å². The first-order valence-electron chi connectivity index (χ1n) is 10.7. The molecule has 1 aliphatic rings. The molecule has 0 aliphatic carbocycles. The van der Waals surface area contributed by atoms with Crippen LogP contribution in [0.25, 0.3) is 11.5 Å². The summed E-state index contributed by atoms with van der Waals surface area (Å²) in [6.07, 6.45) is 3.62. The van der Waals surface area contributed by atoms with Gasteiger partial charge in [-0.05, 0) is 42.7 Å². The molecule has 2 aromatic heterocycles. The number of nitrogens with one attached hydrogen (secondary N) is 1. The molecule has 0 spiro atoms. The molecule has 162 valence electrons. The van der Waals surface area contributed by atoms with Gasteiger partial charge in [0.05, 0.1) is 12.8 Å². The van der Waals surface area contributed by atoms with Gasteiger partial charge in [-0.25, -0.2) is 9.97 Å². The first-order chi connectivity index (χ1) is 15.3. The van der Waals surface area contributed by atoms with Crippen molar-refractivity contribution in [3.63, 3.8) is 0 Å². The fourth-order valence-corrected chi connectivity index (χ4v) is 3.79. The molecule has 4 rings (SSSR count). The zero-order valence-corrected chi connectivity index (χ0v) is 18.2. The number of methoxy groups -OCH3 is 2. The Bertz CT molecular complexity index is 979. The van der Waals surface area contributed by atoms with E-state index in [1.165, 1.54) is 11.1 Å². The molecule has 3 heterocycles. The SMILES string of the molecule is COCCCNc1nc(-c2ccccn2)nc2c1CCN(Cc1ccc(OC)cc1)C2. The highest BCUT2D eigenvalue weighted by atomic mass is 16.5. The van der Waals surface area contributed by atoms with Crippen LogP contribution in [0, 0.1) is 0 Å². The van der Waals surface area contributed by atoms with Gasteiger partial charge in [-0.3, -0.25) is 9.88 Å². The van der Waals surface area contributed by atoms with E-state index in [0.717, 1.165) is 68.6 Å². The molecule has 0 fully saturated rings. The third-order valence-corrected chi connectivity index (χ3v) is 5.42. The monoisotopic (exact) mass is 419 g/mol. The lowest BCUT2D eigenvalue weighted by Gasteiger charge is -2.29. The Hall–Kier alpha value is -3.03. The van der Waals surface area contributed by atoms with E-state index in [1.54, 1.807) is 20.4 Å². The zero-order chi connectivity index (χ0) is 21.5. The number of anilines is 1. The molecule has 0 saturated heterocycles. The van der Waals surface area contributed by atoms with Gasteiger partial charge in [0.15, 0.2) is 5.82 Å². The van der Waals surface area contributed by atoms with Crippen LogP contribution in [0.1, 0.15) is 23.2 Å². The molecule has 0 atom stereocenters. The Morgan fingerprint density at radius 1 is 1.06 bits per heavy atom. The fraction of sp³-hybridized carbons (Fsp3) is 0.375. The van der Waals surface area contributed by atoms with Crippen LogP contribution in [0.2, 0.25) is 0 Å². The van der Waals surface area contributed by atoms with Crippen LogP contribution in [0.3, 0.4) is 0 Å². The first kappa shape index (κ1) is 21.2. The summed E-state index contributed by atoms with van der Waals surface area (Å²) < 4.78 is 10.4. The lowest BCUT2D eigenvalue weighted by atomic mass is 10.0. The Balaban J connectivity index is 1.56. The standard InChI is InChI=1S/C24H29N5O2/c1-30-15-5-13-26-23-20-11-14-29(16-18-7-9-19(31-2)10-8-18)17-22(20)27-24(28-23)21-6-3-4-12-25-21/h3-4,6-10,12H,5,11,13-17H2,1-2H3,(H,26,27,28). The summed E-state index contributed by atoms with van der Waals surface area (Å²) in [5.41, 5.74) is 4.34. The molecule has 0 saturated carbocycles. The van der Waals surface area contributed by atoms with Crippen molar-refractivity contribution in [2.45, 2.75) is 25.9 Å². The summed E-state index contributed by atoms with van der Waals surface area (Å²) >= 11 is 0. The molecular weight excluding hydrogens is 390 g/mol. The number of fused-ring (bicyclic) bond motifs is 1. The van der Waals surface area contributed by atoms with Crippen molar-refractivity contribution in [3.05, 3.63) is 65.5 Å². The smallest absolute Gasteiger partial charge is 0.180 e. The highest BCUT2D eigenvalue weighted by Gasteiger charge is 2.23. The summed E-state index contributed by atoms with van der Waals surface area (Å²) in [6.45, 7) is 4.18. The highest BCUT2D eigenvalue weighted by molar-refractivity contribution is 5.57. The maximum absolute atomic E-state index is 5.27. The van der Waals surface area contributed by atoms with Gasteiger partial charge in [0, 0.05) is 51.7 Å². The number of pyridine rings is 1. The molecule has 0 radical (unpaired) electrons. The van der Waals surface area contributed by atoms with Crippen LogP contribution in [0.15, 0.2) is 48.7 Å². The second-order valence-corrected chi connectivity index (χ2v) is 7.62. The van der Waals surface area contributed by atoms with Gasteiger partial charge in [0.1, 0.15) is 17.3 Å². The third kappa shape index (κ3) is 5.37. The van der Waals surface area contributed by atoms with Gasteiger partial charge < -0.3 is 14.8 Å². The largest absolute Gasteiger partial charge is 0.497 e. The minimum absolute atomic E-state index is 0.667. The van der Waals surface area contributed by atoms with Gasteiger partial charge >= 0.3 is 0 Å². The second kappa shape index (κ2) is 10.3. The Kier molecular flexibility index (Phi) is 7.07. The number of hydrogen-bond acceptors (Lipinski definition) is 7. The molecule has 0 bridgehead atoms. The van der Waals surface area contributed by atoms with Crippen molar-refractivity contribution >= 4 is 5.82 Å². The van der Waals surface area contributed by atoms with Crippen LogP contribution in [0.5, 0.6) is 5.75 Å². The number of rotatable bonds is 9. The van der Waals surface area contributed by atoms with Gasteiger partial charge in [-0.2, -0.15) is 0 Å². The Morgan fingerprint density at radius 3 is 2.68 bits per heavy atom. The van der Waals surface area contributed by atoms with E-state index >= 15 is 0 Å². The molecule has 7 nitrogen and oxygen atoms in total. The maximum Gasteiger partial charge on any atom is 0.180 e.